The summed E-state index contributed by atoms with van der Waals surface area (Å²) in [7, 11) is 0. The predicted octanol–water partition coefficient (Wildman–Crippen LogP) is 6.36. The highest BCUT2D eigenvalue weighted by Crippen LogP contribution is 2.31. The Kier molecular flexibility index (Phi) is 8.26. The number of thiazole rings is 1. The van der Waals surface area contributed by atoms with E-state index in [2.05, 4.69) is 35.1 Å². The molecule has 2 amide bonds. The van der Waals surface area contributed by atoms with Crippen molar-refractivity contribution < 1.29 is 9.59 Å². The summed E-state index contributed by atoms with van der Waals surface area (Å²) in [6.07, 6.45) is 17.2. The smallest absolute Gasteiger partial charge is 0.275 e. The second-order valence-electron chi connectivity index (χ2n) is 8.59. The molecule has 0 atom stereocenters. The van der Waals surface area contributed by atoms with Crippen LogP contribution in [-0.4, -0.2) is 34.8 Å². The van der Waals surface area contributed by atoms with Crippen LogP contribution in [0.25, 0.3) is 5.57 Å². The van der Waals surface area contributed by atoms with Crippen LogP contribution in [0.3, 0.4) is 0 Å². The molecular weight excluding hydrogens is 442 g/mol. The van der Waals surface area contributed by atoms with Crippen molar-refractivity contribution in [3.8, 4) is 0 Å². The van der Waals surface area contributed by atoms with E-state index in [0.29, 0.717) is 18.0 Å². The number of unbranched alkanes of at least 4 members (excludes halogenated alkanes) is 1. The molecule has 1 aliphatic carbocycles. The van der Waals surface area contributed by atoms with Crippen molar-refractivity contribution in [3.63, 3.8) is 0 Å². The number of allylic oxidation sites excluding steroid dienone is 7. The number of hydrogen-bond acceptors (Lipinski definition) is 4. The Hall–Kier alpha value is -3.25. The molecule has 2 aliphatic rings. The molecule has 0 unspecified atom stereocenters. The van der Waals surface area contributed by atoms with Gasteiger partial charge in [0.05, 0.1) is 5.01 Å². The minimum atomic E-state index is -0.193. The van der Waals surface area contributed by atoms with Gasteiger partial charge < -0.3 is 10.2 Å². The Morgan fingerprint density at radius 2 is 2.03 bits per heavy atom. The number of carbonyl (C=O) groups excluding carboxylic acids is 2. The van der Waals surface area contributed by atoms with Crippen LogP contribution in [0.2, 0.25) is 0 Å². The summed E-state index contributed by atoms with van der Waals surface area (Å²) in [5.74, 6) is 0.332. The largest absolute Gasteiger partial charge is 0.343 e. The summed E-state index contributed by atoms with van der Waals surface area (Å²) >= 11 is 1.54. The zero-order valence-corrected chi connectivity index (χ0v) is 20.2. The van der Waals surface area contributed by atoms with Gasteiger partial charge in [-0.05, 0) is 43.7 Å². The van der Waals surface area contributed by atoms with Gasteiger partial charge in [0.15, 0.2) is 0 Å². The minimum Gasteiger partial charge on any atom is -0.343 e. The molecule has 4 rings (SSSR count). The van der Waals surface area contributed by atoms with Crippen LogP contribution in [0, 0.1) is 0 Å². The van der Waals surface area contributed by atoms with Crippen LogP contribution in [-0.2, 0) is 4.79 Å². The third-order valence-electron chi connectivity index (χ3n) is 6.23. The zero-order chi connectivity index (χ0) is 23.8. The molecule has 0 saturated carbocycles. The number of carbonyl (C=O) groups is 2. The molecule has 2 heterocycles. The van der Waals surface area contributed by atoms with Gasteiger partial charge >= 0.3 is 0 Å². The summed E-state index contributed by atoms with van der Waals surface area (Å²) in [6, 6.07) is 7.86. The highest BCUT2D eigenvalue weighted by molar-refractivity contribution is 7.10. The highest BCUT2D eigenvalue weighted by atomic mass is 32.1. The number of piperidine rings is 1. The van der Waals surface area contributed by atoms with Crippen molar-refractivity contribution in [1.29, 1.82) is 0 Å². The van der Waals surface area contributed by atoms with Gasteiger partial charge in [-0.1, -0.05) is 54.7 Å². The standard InChI is InChI=1S/C28H31N3O2S/c1-2-3-6-15-26(32)31-18-16-22(17-19-31)28-30-25(20-34-28)27(33)29-24-14-10-9-13-23(24)21-11-7-4-5-8-12-21/h2,4-5,7,9-14,20,22H,1,3,6,8,15-19H2,(H,29,33). The van der Waals surface area contributed by atoms with Crippen molar-refractivity contribution in [2.75, 3.05) is 18.4 Å². The van der Waals surface area contributed by atoms with Gasteiger partial charge in [0.1, 0.15) is 5.69 Å². The molecule has 2 aromatic rings. The van der Waals surface area contributed by atoms with Gasteiger partial charge in [0, 0.05) is 42.1 Å². The van der Waals surface area contributed by atoms with Crippen LogP contribution in [0.1, 0.15) is 65.5 Å². The SMILES string of the molecule is C=CCCCC(=O)N1CCC(c2nc(C(=O)Nc3ccccc3C3=CCC=CC=C3)cs2)CC1. The maximum atomic E-state index is 13.0. The molecule has 0 bridgehead atoms. The Bertz CT molecular complexity index is 1120. The number of benzene rings is 1. The molecule has 1 N–H and O–H groups in total. The van der Waals surface area contributed by atoms with E-state index in [1.54, 1.807) is 0 Å². The first kappa shape index (κ1) is 23.9. The van der Waals surface area contributed by atoms with Crippen LogP contribution in [0.5, 0.6) is 0 Å². The lowest BCUT2D eigenvalue weighted by Gasteiger charge is -2.31. The summed E-state index contributed by atoms with van der Waals surface area (Å²) in [6.45, 7) is 5.22. The Balaban J connectivity index is 1.36. The quantitative estimate of drug-likeness (QED) is 0.359. The van der Waals surface area contributed by atoms with Gasteiger partial charge in [0.25, 0.3) is 5.91 Å². The summed E-state index contributed by atoms with van der Waals surface area (Å²) in [5, 5.41) is 5.88. The summed E-state index contributed by atoms with van der Waals surface area (Å²) < 4.78 is 0. The van der Waals surface area contributed by atoms with Crippen LogP contribution in [0.4, 0.5) is 5.69 Å². The van der Waals surface area contributed by atoms with E-state index in [4.69, 9.17) is 0 Å². The fourth-order valence-electron chi connectivity index (χ4n) is 4.32. The first-order valence-corrected chi connectivity index (χ1v) is 12.8. The number of hydrogen-bond donors (Lipinski definition) is 1. The maximum Gasteiger partial charge on any atom is 0.275 e. The Morgan fingerprint density at radius 3 is 2.85 bits per heavy atom. The molecule has 34 heavy (non-hydrogen) atoms. The monoisotopic (exact) mass is 473 g/mol. The number of nitrogens with zero attached hydrogens (tertiary/aromatic N) is 2. The predicted molar refractivity (Wildman–Crippen MR) is 140 cm³/mol. The molecule has 1 aromatic carbocycles. The molecule has 6 heteroatoms. The van der Waals surface area contributed by atoms with Crippen molar-refractivity contribution in [2.45, 2.75) is 44.4 Å². The molecule has 5 nitrogen and oxygen atoms in total. The molecule has 1 saturated heterocycles. The van der Waals surface area contributed by atoms with Crippen LogP contribution in [0.15, 0.2) is 72.7 Å². The minimum absolute atomic E-state index is 0.193. The molecule has 1 aliphatic heterocycles. The van der Waals surface area contributed by atoms with Crippen molar-refractivity contribution in [2.24, 2.45) is 0 Å². The second-order valence-corrected chi connectivity index (χ2v) is 9.48. The molecule has 176 valence electrons. The molecule has 1 aromatic heterocycles. The van der Waals surface area contributed by atoms with Crippen molar-refractivity contribution in [3.05, 3.63) is 88.9 Å². The van der Waals surface area contributed by atoms with Crippen molar-refractivity contribution in [1.82, 2.24) is 9.88 Å². The lowest BCUT2D eigenvalue weighted by molar-refractivity contribution is -0.132. The topological polar surface area (TPSA) is 62.3 Å². The van der Waals surface area contributed by atoms with E-state index in [1.165, 1.54) is 11.3 Å². The van der Waals surface area contributed by atoms with Gasteiger partial charge in [-0.3, -0.25) is 9.59 Å². The number of nitrogens with one attached hydrogen (secondary N) is 1. The van der Waals surface area contributed by atoms with E-state index in [9.17, 15) is 9.59 Å². The first-order valence-electron chi connectivity index (χ1n) is 11.9. The second kappa shape index (κ2) is 11.7. The zero-order valence-electron chi connectivity index (χ0n) is 19.4. The average molecular weight is 474 g/mol. The van der Waals surface area contributed by atoms with E-state index in [1.807, 2.05) is 52.8 Å². The number of likely N-dealkylation sites (tertiary alicyclic amines) is 1. The van der Waals surface area contributed by atoms with E-state index >= 15 is 0 Å². The van der Waals surface area contributed by atoms with E-state index < -0.39 is 0 Å². The number of anilines is 1. The first-order chi connectivity index (χ1) is 16.7. The highest BCUT2D eigenvalue weighted by Gasteiger charge is 2.26. The molecule has 0 spiro atoms. The van der Waals surface area contributed by atoms with Gasteiger partial charge in [-0.2, -0.15) is 0 Å². The Morgan fingerprint density at radius 1 is 1.21 bits per heavy atom. The normalized spacial score (nSPS) is 16.1. The molecular formula is C28H31N3O2S. The lowest BCUT2D eigenvalue weighted by Crippen LogP contribution is -2.37. The number of para-hydroxylation sites is 1. The van der Waals surface area contributed by atoms with Crippen molar-refractivity contribution >= 4 is 34.4 Å². The van der Waals surface area contributed by atoms with E-state index in [-0.39, 0.29) is 11.8 Å². The molecule has 1 fully saturated rings. The van der Waals surface area contributed by atoms with Gasteiger partial charge in [-0.25, -0.2) is 4.98 Å². The molecule has 0 radical (unpaired) electrons. The van der Waals surface area contributed by atoms with Crippen LogP contribution >= 0.6 is 11.3 Å². The summed E-state index contributed by atoms with van der Waals surface area (Å²) in [5.41, 5.74) is 3.31. The van der Waals surface area contributed by atoms with Crippen LogP contribution < -0.4 is 5.32 Å². The van der Waals surface area contributed by atoms with Gasteiger partial charge in [0.2, 0.25) is 5.91 Å². The third-order valence-corrected chi connectivity index (χ3v) is 7.24. The fourth-order valence-corrected chi connectivity index (χ4v) is 5.29. The van der Waals surface area contributed by atoms with E-state index in [0.717, 1.165) is 67.0 Å². The number of rotatable bonds is 8. The maximum absolute atomic E-state index is 13.0. The van der Waals surface area contributed by atoms with Gasteiger partial charge in [-0.15, -0.1) is 17.9 Å². The fraction of sp³-hybridized carbons (Fsp3) is 0.321. The number of aromatic nitrogens is 1. The lowest BCUT2D eigenvalue weighted by atomic mass is 9.97. The summed E-state index contributed by atoms with van der Waals surface area (Å²) in [4.78, 5) is 32.0. The number of amides is 2. The third kappa shape index (κ3) is 6.00. The Labute approximate surface area is 205 Å². The average Bonchev–Trinajstić information content (AvgIpc) is 3.21.